The van der Waals surface area contributed by atoms with Crippen LogP contribution >= 0.6 is 0 Å². The number of anilines is 1. The van der Waals surface area contributed by atoms with Crippen molar-refractivity contribution >= 4 is 17.6 Å². The van der Waals surface area contributed by atoms with Gasteiger partial charge in [-0.05, 0) is 24.6 Å². The van der Waals surface area contributed by atoms with Crippen molar-refractivity contribution in [2.75, 3.05) is 25.9 Å². The molecule has 0 aliphatic heterocycles. The summed E-state index contributed by atoms with van der Waals surface area (Å²) in [6.07, 6.45) is 0.684. The first kappa shape index (κ1) is 14.9. The number of carbonyl (C=O) groups excluding carboxylic acids is 2. The van der Waals surface area contributed by atoms with Gasteiger partial charge < -0.3 is 15.4 Å². The lowest BCUT2D eigenvalue weighted by molar-refractivity contribution is -0.141. The number of halogens is 1. The highest BCUT2D eigenvalue weighted by atomic mass is 19.1. The Hall–Kier alpha value is -2.11. The molecule has 0 unspecified atom stereocenters. The van der Waals surface area contributed by atoms with Gasteiger partial charge >= 0.3 is 5.97 Å². The van der Waals surface area contributed by atoms with Crippen molar-refractivity contribution in [2.24, 2.45) is 0 Å². The Morgan fingerprint density at radius 2 is 2.11 bits per heavy atom. The third-order valence-electron chi connectivity index (χ3n) is 2.57. The van der Waals surface area contributed by atoms with E-state index in [2.05, 4.69) is 4.74 Å². The third kappa shape index (κ3) is 3.94. The van der Waals surface area contributed by atoms with Crippen LogP contribution in [0.5, 0.6) is 0 Å². The number of rotatable bonds is 5. The highest BCUT2D eigenvalue weighted by Crippen LogP contribution is 2.16. The number of amides is 1. The van der Waals surface area contributed by atoms with Gasteiger partial charge in [-0.25, -0.2) is 4.39 Å². The molecule has 1 amide bonds. The molecule has 0 bridgehead atoms. The smallest absolute Gasteiger partial charge is 0.325 e. The summed E-state index contributed by atoms with van der Waals surface area (Å²) in [5, 5.41) is 0. The fourth-order valence-electron chi connectivity index (χ4n) is 1.64. The molecule has 5 nitrogen and oxygen atoms in total. The van der Waals surface area contributed by atoms with Gasteiger partial charge in [0.05, 0.1) is 12.7 Å². The molecule has 2 N–H and O–H groups in total. The molecule has 0 atom stereocenters. The van der Waals surface area contributed by atoms with E-state index in [9.17, 15) is 14.0 Å². The first-order valence-corrected chi connectivity index (χ1v) is 5.90. The van der Waals surface area contributed by atoms with Crippen molar-refractivity contribution in [3.63, 3.8) is 0 Å². The highest BCUT2D eigenvalue weighted by Gasteiger charge is 2.20. The Morgan fingerprint density at radius 1 is 1.42 bits per heavy atom. The fourth-order valence-corrected chi connectivity index (χ4v) is 1.64. The molecule has 0 fully saturated rings. The van der Waals surface area contributed by atoms with Crippen LogP contribution in [0.25, 0.3) is 0 Å². The molecular formula is C13H17FN2O3. The predicted molar refractivity (Wildman–Crippen MR) is 69.0 cm³/mol. The van der Waals surface area contributed by atoms with E-state index >= 15 is 0 Å². The number of ether oxygens (including phenoxy) is 1. The highest BCUT2D eigenvalue weighted by molar-refractivity contribution is 6.00. The topological polar surface area (TPSA) is 72.6 Å². The zero-order valence-electron chi connectivity index (χ0n) is 11.0. The van der Waals surface area contributed by atoms with Gasteiger partial charge in [0.15, 0.2) is 0 Å². The van der Waals surface area contributed by atoms with E-state index in [-0.39, 0.29) is 17.8 Å². The van der Waals surface area contributed by atoms with Crippen LogP contribution in [0.3, 0.4) is 0 Å². The van der Waals surface area contributed by atoms with Gasteiger partial charge in [0.25, 0.3) is 5.91 Å². The zero-order chi connectivity index (χ0) is 14.4. The predicted octanol–water partition coefficient (Wildman–Crippen LogP) is 1.43. The second kappa shape index (κ2) is 6.72. The summed E-state index contributed by atoms with van der Waals surface area (Å²) in [4.78, 5) is 24.8. The van der Waals surface area contributed by atoms with E-state index < -0.39 is 17.7 Å². The number of nitrogens with two attached hydrogens (primary N) is 1. The molecule has 19 heavy (non-hydrogen) atoms. The number of nitrogen functional groups attached to an aromatic ring is 1. The van der Waals surface area contributed by atoms with Crippen molar-refractivity contribution in [3.8, 4) is 0 Å². The van der Waals surface area contributed by atoms with Crippen molar-refractivity contribution in [1.82, 2.24) is 4.90 Å². The van der Waals surface area contributed by atoms with Gasteiger partial charge in [-0.1, -0.05) is 6.92 Å². The van der Waals surface area contributed by atoms with Crippen LogP contribution in [-0.4, -0.2) is 37.0 Å². The second-order valence-corrected chi connectivity index (χ2v) is 4.03. The summed E-state index contributed by atoms with van der Waals surface area (Å²) in [7, 11) is 1.25. The average Bonchev–Trinajstić information content (AvgIpc) is 2.37. The number of hydrogen-bond acceptors (Lipinski definition) is 4. The Labute approximate surface area is 111 Å². The molecule has 0 saturated carbocycles. The van der Waals surface area contributed by atoms with E-state index in [1.54, 1.807) is 0 Å². The number of hydrogen-bond donors (Lipinski definition) is 1. The summed E-state index contributed by atoms with van der Waals surface area (Å²) in [6, 6.07) is 3.55. The number of esters is 1. The lowest BCUT2D eigenvalue weighted by atomic mass is 10.1. The zero-order valence-corrected chi connectivity index (χ0v) is 11.0. The molecular weight excluding hydrogens is 251 g/mol. The fraction of sp³-hybridized carbons (Fsp3) is 0.385. The largest absolute Gasteiger partial charge is 0.468 e. The van der Waals surface area contributed by atoms with E-state index in [1.807, 2.05) is 6.92 Å². The number of methoxy groups -OCH3 is 1. The Balaban J connectivity index is 2.95. The molecule has 0 heterocycles. The Bertz CT molecular complexity index is 477. The van der Waals surface area contributed by atoms with Gasteiger partial charge in [-0.3, -0.25) is 9.59 Å². The minimum Gasteiger partial charge on any atom is -0.468 e. The van der Waals surface area contributed by atoms with Crippen LogP contribution in [0.4, 0.5) is 10.1 Å². The second-order valence-electron chi connectivity index (χ2n) is 4.03. The van der Waals surface area contributed by atoms with Crippen molar-refractivity contribution in [3.05, 3.63) is 29.6 Å². The van der Waals surface area contributed by atoms with Gasteiger partial charge in [0, 0.05) is 12.2 Å². The minimum absolute atomic E-state index is 0.0518. The maximum atomic E-state index is 12.9. The molecule has 0 radical (unpaired) electrons. The Morgan fingerprint density at radius 3 is 2.63 bits per heavy atom. The monoisotopic (exact) mass is 268 g/mol. The van der Waals surface area contributed by atoms with Crippen molar-refractivity contribution in [1.29, 1.82) is 0 Å². The van der Waals surface area contributed by atoms with Gasteiger partial charge in [0.2, 0.25) is 0 Å². The minimum atomic E-state index is -0.512. The van der Waals surface area contributed by atoms with Crippen molar-refractivity contribution in [2.45, 2.75) is 13.3 Å². The molecule has 0 saturated heterocycles. The number of nitrogens with zero attached hydrogens (tertiary/aromatic N) is 1. The maximum absolute atomic E-state index is 12.9. The van der Waals surface area contributed by atoms with E-state index in [4.69, 9.17) is 5.73 Å². The first-order chi connectivity index (χ1) is 8.99. The first-order valence-electron chi connectivity index (χ1n) is 5.90. The van der Waals surface area contributed by atoms with E-state index in [0.29, 0.717) is 13.0 Å². The molecule has 6 heteroatoms. The lowest BCUT2D eigenvalue weighted by Crippen LogP contribution is -2.37. The summed E-state index contributed by atoms with van der Waals surface area (Å²) >= 11 is 0. The van der Waals surface area contributed by atoms with Crippen LogP contribution in [0.15, 0.2) is 18.2 Å². The summed E-state index contributed by atoms with van der Waals surface area (Å²) in [5.41, 5.74) is 5.85. The van der Waals surface area contributed by atoms with Crippen LogP contribution in [-0.2, 0) is 9.53 Å². The molecule has 104 valence electrons. The molecule has 1 aromatic carbocycles. The SMILES string of the molecule is CCCN(CC(=O)OC)C(=O)c1ccc(F)cc1N. The molecule has 0 spiro atoms. The van der Waals surface area contributed by atoms with Gasteiger partial charge in [-0.15, -0.1) is 0 Å². The van der Waals surface area contributed by atoms with Crippen LogP contribution < -0.4 is 5.73 Å². The summed E-state index contributed by atoms with van der Waals surface area (Å²) in [6.45, 7) is 2.12. The van der Waals surface area contributed by atoms with E-state index in [0.717, 1.165) is 12.1 Å². The third-order valence-corrected chi connectivity index (χ3v) is 2.57. The van der Waals surface area contributed by atoms with Gasteiger partial charge in [0.1, 0.15) is 12.4 Å². The van der Waals surface area contributed by atoms with Crippen LogP contribution in [0, 0.1) is 5.82 Å². The molecule has 1 aromatic rings. The summed E-state index contributed by atoms with van der Waals surface area (Å²) < 4.78 is 17.5. The number of benzene rings is 1. The molecule has 0 aliphatic rings. The lowest BCUT2D eigenvalue weighted by Gasteiger charge is -2.21. The quantitative estimate of drug-likeness (QED) is 0.647. The molecule has 0 aliphatic carbocycles. The van der Waals surface area contributed by atoms with Crippen LogP contribution in [0.2, 0.25) is 0 Å². The average molecular weight is 268 g/mol. The number of carbonyl (C=O) groups is 2. The van der Waals surface area contributed by atoms with Crippen molar-refractivity contribution < 1.29 is 18.7 Å². The Kier molecular flexibility index (Phi) is 5.29. The standard InChI is InChI=1S/C13H17FN2O3/c1-3-6-16(8-12(17)19-2)13(18)10-5-4-9(14)7-11(10)15/h4-5,7H,3,6,8,15H2,1-2H3. The summed E-state index contributed by atoms with van der Waals surface area (Å²) in [5.74, 6) is -1.43. The normalized spacial score (nSPS) is 10.1. The van der Waals surface area contributed by atoms with E-state index in [1.165, 1.54) is 18.1 Å². The maximum Gasteiger partial charge on any atom is 0.325 e. The molecule has 1 rings (SSSR count). The van der Waals surface area contributed by atoms with Gasteiger partial charge in [-0.2, -0.15) is 0 Å². The molecule has 0 aromatic heterocycles. The van der Waals surface area contributed by atoms with Crippen LogP contribution in [0.1, 0.15) is 23.7 Å².